The number of aliphatic hydroxyl groups is 1. The molecule has 1 unspecified atom stereocenters. The molecular formula is C15H14ClNO3S. The Morgan fingerprint density at radius 1 is 1.48 bits per heavy atom. The number of ether oxygens (including phenoxy) is 1. The fourth-order valence-corrected chi connectivity index (χ4v) is 2.62. The summed E-state index contributed by atoms with van der Waals surface area (Å²) < 4.78 is 4.81. The lowest BCUT2D eigenvalue weighted by atomic mass is 10.1. The van der Waals surface area contributed by atoms with Crippen LogP contribution in [0.15, 0.2) is 41.8 Å². The Hall–Kier alpha value is -1.69. The highest BCUT2D eigenvalue weighted by molar-refractivity contribution is 7.13. The number of rotatable bonds is 5. The highest BCUT2D eigenvalue weighted by atomic mass is 35.5. The van der Waals surface area contributed by atoms with Crippen LogP contribution in [-0.4, -0.2) is 22.7 Å². The van der Waals surface area contributed by atoms with Crippen LogP contribution in [0, 0.1) is 0 Å². The molecule has 1 aromatic carbocycles. The first-order valence-corrected chi connectivity index (χ1v) is 7.54. The van der Waals surface area contributed by atoms with Gasteiger partial charge in [0.05, 0.1) is 17.9 Å². The van der Waals surface area contributed by atoms with E-state index in [1.807, 2.05) is 12.1 Å². The predicted octanol–water partition coefficient (Wildman–Crippen LogP) is 3.62. The summed E-state index contributed by atoms with van der Waals surface area (Å²) in [6, 6.07) is 7.23. The van der Waals surface area contributed by atoms with E-state index in [0.29, 0.717) is 10.7 Å². The van der Waals surface area contributed by atoms with Crippen LogP contribution < -0.4 is 0 Å². The molecule has 0 radical (unpaired) electrons. The van der Waals surface area contributed by atoms with Crippen molar-refractivity contribution >= 4 is 28.9 Å². The van der Waals surface area contributed by atoms with Gasteiger partial charge >= 0.3 is 5.97 Å². The first-order valence-electron chi connectivity index (χ1n) is 6.28. The van der Waals surface area contributed by atoms with E-state index < -0.39 is 12.1 Å². The quantitative estimate of drug-likeness (QED) is 0.674. The standard InChI is InChI=1S/C15H14ClNO3S/c1-3-20-15(19)9(2)13(18)12-8-21-14(17-12)10-4-6-11(16)7-5-10/h4-8,13,18H,2-3H2,1H3. The van der Waals surface area contributed by atoms with E-state index in [4.69, 9.17) is 16.3 Å². The molecule has 110 valence electrons. The lowest BCUT2D eigenvalue weighted by molar-refractivity contribution is -0.139. The second kappa shape index (κ2) is 6.85. The van der Waals surface area contributed by atoms with Gasteiger partial charge in [-0.15, -0.1) is 11.3 Å². The average Bonchev–Trinajstić information content (AvgIpc) is 2.96. The van der Waals surface area contributed by atoms with Crippen LogP contribution in [0.4, 0.5) is 0 Å². The number of aromatic nitrogens is 1. The first kappa shape index (κ1) is 15.7. The first-order chi connectivity index (χ1) is 10.0. The summed E-state index contributed by atoms with van der Waals surface area (Å²) in [6.07, 6.45) is -1.17. The van der Waals surface area contributed by atoms with Gasteiger partial charge in [0.2, 0.25) is 0 Å². The molecule has 0 aliphatic rings. The molecule has 0 fully saturated rings. The maximum Gasteiger partial charge on any atom is 0.336 e. The summed E-state index contributed by atoms with van der Waals surface area (Å²) in [5.41, 5.74) is 1.25. The van der Waals surface area contributed by atoms with Crippen LogP contribution in [0.1, 0.15) is 18.7 Å². The smallest absolute Gasteiger partial charge is 0.336 e. The van der Waals surface area contributed by atoms with E-state index in [9.17, 15) is 9.90 Å². The van der Waals surface area contributed by atoms with E-state index in [1.54, 1.807) is 24.4 Å². The number of esters is 1. The van der Waals surface area contributed by atoms with E-state index in [1.165, 1.54) is 11.3 Å². The Labute approximate surface area is 131 Å². The molecule has 2 aromatic rings. The van der Waals surface area contributed by atoms with Crippen LogP contribution in [0.25, 0.3) is 10.6 Å². The van der Waals surface area contributed by atoms with Crippen LogP contribution in [0.5, 0.6) is 0 Å². The zero-order chi connectivity index (χ0) is 15.4. The van der Waals surface area contributed by atoms with Crippen molar-refractivity contribution in [2.75, 3.05) is 6.61 Å². The van der Waals surface area contributed by atoms with E-state index in [0.717, 1.165) is 10.6 Å². The summed E-state index contributed by atoms with van der Waals surface area (Å²) in [5.74, 6) is -0.619. The maximum absolute atomic E-state index is 11.6. The number of nitrogens with zero attached hydrogens (tertiary/aromatic N) is 1. The molecule has 0 aliphatic heterocycles. The molecule has 0 bridgehead atoms. The summed E-state index contributed by atoms with van der Waals surface area (Å²) in [7, 11) is 0. The van der Waals surface area contributed by atoms with Crippen molar-refractivity contribution < 1.29 is 14.6 Å². The van der Waals surface area contributed by atoms with E-state index >= 15 is 0 Å². The summed E-state index contributed by atoms with van der Waals surface area (Å²) in [5, 5.41) is 13.2. The molecule has 1 aromatic heterocycles. The monoisotopic (exact) mass is 323 g/mol. The predicted molar refractivity (Wildman–Crippen MR) is 83.3 cm³/mol. The Morgan fingerprint density at radius 2 is 2.14 bits per heavy atom. The van der Waals surface area contributed by atoms with Gasteiger partial charge in [0.15, 0.2) is 0 Å². The molecule has 6 heteroatoms. The van der Waals surface area contributed by atoms with Crippen molar-refractivity contribution in [3.8, 4) is 10.6 Å². The lowest BCUT2D eigenvalue weighted by Crippen LogP contribution is -2.13. The van der Waals surface area contributed by atoms with Crippen molar-refractivity contribution in [2.24, 2.45) is 0 Å². The Balaban J connectivity index is 2.17. The minimum absolute atomic E-state index is 0.0233. The van der Waals surface area contributed by atoms with Crippen LogP contribution in [0.3, 0.4) is 0 Å². The molecule has 2 rings (SSSR count). The maximum atomic E-state index is 11.6. The number of aliphatic hydroxyl groups excluding tert-OH is 1. The number of hydrogen-bond donors (Lipinski definition) is 1. The highest BCUT2D eigenvalue weighted by Crippen LogP contribution is 2.29. The second-order valence-electron chi connectivity index (χ2n) is 4.23. The molecule has 0 aliphatic carbocycles. The third kappa shape index (κ3) is 3.69. The van der Waals surface area contributed by atoms with Gasteiger partial charge in [0.25, 0.3) is 0 Å². The van der Waals surface area contributed by atoms with Crippen molar-refractivity contribution in [2.45, 2.75) is 13.0 Å². The van der Waals surface area contributed by atoms with Gasteiger partial charge in [-0.2, -0.15) is 0 Å². The summed E-state index contributed by atoms with van der Waals surface area (Å²) in [4.78, 5) is 15.9. The minimum Gasteiger partial charge on any atom is -0.463 e. The zero-order valence-electron chi connectivity index (χ0n) is 11.4. The molecule has 1 heterocycles. The highest BCUT2D eigenvalue weighted by Gasteiger charge is 2.22. The van der Waals surface area contributed by atoms with Crippen molar-refractivity contribution in [1.29, 1.82) is 0 Å². The Bertz CT molecular complexity index is 651. The molecule has 0 saturated carbocycles. The third-order valence-electron chi connectivity index (χ3n) is 2.76. The molecular weight excluding hydrogens is 310 g/mol. The normalized spacial score (nSPS) is 12.0. The van der Waals surface area contributed by atoms with Crippen molar-refractivity contribution in [3.63, 3.8) is 0 Å². The van der Waals surface area contributed by atoms with Crippen molar-refractivity contribution in [1.82, 2.24) is 4.98 Å². The number of carbonyl (C=O) groups excluding carboxylic acids is 1. The molecule has 1 N–H and O–H groups in total. The SMILES string of the molecule is C=C(C(=O)OCC)C(O)c1csc(-c2ccc(Cl)cc2)n1. The van der Waals surface area contributed by atoms with Gasteiger partial charge in [-0.1, -0.05) is 30.3 Å². The van der Waals surface area contributed by atoms with Gasteiger partial charge in [-0.05, 0) is 19.1 Å². The number of benzene rings is 1. The second-order valence-corrected chi connectivity index (χ2v) is 5.53. The Morgan fingerprint density at radius 3 is 2.76 bits per heavy atom. The summed E-state index contributed by atoms with van der Waals surface area (Å²) in [6.45, 7) is 5.49. The largest absolute Gasteiger partial charge is 0.463 e. The number of halogens is 1. The number of carbonyl (C=O) groups is 1. The zero-order valence-corrected chi connectivity index (χ0v) is 12.9. The fourth-order valence-electron chi connectivity index (χ4n) is 1.65. The van der Waals surface area contributed by atoms with Crippen LogP contribution >= 0.6 is 22.9 Å². The molecule has 0 spiro atoms. The third-order valence-corrected chi connectivity index (χ3v) is 3.92. The molecule has 0 saturated heterocycles. The van der Waals surface area contributed by atoms with Gasteiger partial charge in [0, 0.05) is 16.0 Å². The van der Waals surface area contributed by atoms with Crippen LogP contribution in [-0.2, 0) is 9.53 Å². The van der Waals surface area contributed by atoms with Gasteiger partial charge in [-0.3, -0.25) is 0 Å². The minimum atomic E-state index is -1.17. The topological polar surface area (TPSA) is 59.4 Å². The molecule has 1 atom stereocenters. The molecule has 21 heavy (non-hydrogen) atoms. The Kier molecular flexibility index (Phi) is 5.12. The molecule has 4 nitrogen and oxygen atoms in total. The van der Waals surface area contributed by atoms with Crippen LogP contribution in [0.2, 0.25) is 5.02 Å². The van der Waals surface area contributed by atoms with Crippen molar-refractivity contribution in [3.05, 3.63) is 52.5 Å². The average molecular weight is 324 g/mol. The number of thiazole rings is 1. The van der Waals surface area contributed by atoms with E-state index in [2.05, 4.69) is 11.6 Å². The van der Waals surface area contributed by atoms with Gasteiger partial charge in [0.1, 0.15) is 11.1 Å². The number of hydrogen-bond acceptors (Lipinski definition) is 5. The van der Waals surface area contributed by atoms with E-state index in [-0.39, 0.29) is 12.2 Å². The fraction of sp³-hybridized carbons (Fsp3) is 0.200. The lowest BCUT2D eigenvalue weighted by Gasteiger charge is -2.10. The summed E-state index contributed by atoms with van der Waals surface area (Å²) >= 11 is 7.21. The molecule has 0 amide bonds. The van der Waals surface area contributed by atoms with Gasteiger partial charge in [-0.25, -0.2) is 9.78 Å². The van der Waals surface area contributed by atoms with Gasteiger partial charge < -0.3 is 9.84 Å².